The van der Waals surface area contributed by atoms with E-state index in [0.717, 1.165) is 4.90 Å². The first-order chi connectivity index (χ1) is 15.8. The number of halogens is 2. The summed E-state index contributed by atoms with van der Waals surface area (Å²) in [5, 5.41) is 5.64. The van der Waals surface area contributed by atoms with Crippen LogP contribution >= 0.6 is 11.6 Å². The number of para-hydroxylation sites is 3. The predicted octanol–water partition coefficient (Wildman–Crippen LogP) is 4.68. The van der Waals surface area contributed by atoms with E-state index >= 15 is 0 Å². The van der Waals surface area contributed by atoms with Crippen LogP contribution in [0, 0.1) is 5.82 Å². The predicted molar refractivity (Wildman–Crippen MR) is 121 cm³/mol. The molecule has 3 aromatic rings. The smallest absolute Gasteiger partial charge is 0.325 e. The maximum Gasteiger partial charge on any atom is 0.325 e. The van der Waals surface area contributed by atoms with E-state index in [9.17, 15) is 18.8 Å². The Morgan fingerprint density at radius 3 is 2.36 bits per heavy atom. The maximum atomic E-state index is 13.3. The van der Waals surface area contributed by atoms with E-state index in [1.807, 2.05) is 0 Å². The van der Waals surface area contributed by atoms with Crippen molar-refractivity contribution in [1.82, 2.24) is 10.2 Å². The minimum absolute atomic E-state index is 0.340. The van der Waals surface area contributed by atoms with Gasteiger partial charge in [-0.1, -0.05) is 48.0 Å². The molecule has 1 aliphatic heterocycles. The number of benzene rings is 3. The number of rotatable bonds is 6. The molecule has 7 nitrogen and oxygen atoms in total. The summed E-state index contributed by atoms with van der Waals surface area (Å²) < 4.78 is 19.1. The fourth-order valence-electron chi connectivity index (χ4n) is 3.46. The summed E-state index contributed by atoms with van der Waals surface area (Å²) in [6, 6.07) is 18.1. The number of carbonyl (C=O) groups excluding carboxylic acids is 3. The van der Waals surface area contributed by atoms with Crippen LogP contribution in [0.15, 0.2) is 72.8 Å². The molecule has 1 atom stereocenters. The molecule has 0 saturated carbocycles. The van der Waals surface area contributed by atoms with E-state index in [-0.39, 0.29) is 0 Å². The molecule has 9 heteroatoms. The normalized spacial score (nSPS) is 17.6. The average Bonchev–Trinajstić information content (AvgIpc) is 3.01. The first-order valence-electron chi connectivity index (χ1n) is 9.99. The highest BCUT2D eigenvalue weighted by molar-refractivity contribution is 6.32. The Morgan fingerprint density at radius 1 is 1.03 bits per heavy atom. The second kappa shape index (κ2) is 8.91. The first-order valence-corrected chi connectivity index (χ1v) is 10.4. The van der Waals surface area contributed by atoms with Crippen LogP contribution in [0.4, 0.5) is 14.9 Å². The lowest BCUT2D eigenvalue weighted by Crippen LogP contribution is -2.42. The summed E-state index contributed by atoms with van der Waals surface area (Å²) in [6.45, 7) is 0.993. The molecule has 0 aromatic heterocycles. The van der Waals surface area contributed by atoms with Crippen LogP contribution in [-0.2, 0) is 15.1 Å². The molecule has 0 spiro atoms. The highest BCUT2D eigenvalue weighted by atomic mass is 35.5. The molecular weight excluding hydrogens is 449 g/mol. The summed E-state index contributed by atoms with van der Waals surface area (Å²) in [5.41, 5.74) is -0.657. The number of imide groups is 1. The van der Waals surface area contributed by atoms with Gasteiger partial charge in [-0.2, -0.15) is 0 Å². The summed E-state index contributed by atoms with van der Waals surface area (Å²) >= 11 is 6.14. The van der Waals surface area contributed by atoms with Crippen molar-refractivity contribution < 1.29 is 23.5 Å². The Balaban J connectivity index is 1.48. The highest BCUT2D eigenvalue weighted by Crippen LogP contribution is 2.34. The zero-order chi connectivity index (χ0) is 23.6. The van der Waals surface area contributed by atoms with E-state index in [1.165, 1.54) is 31.2 Å². The Labute approximate surface area is 194 Å². The van der Waals surface area contributed by atoms with E-state index < -0.39 is 35.7 Å². The van der Waals surface area contributed by atoms with Gasteiger partial charge >= 0.3 is 6.03 Å². The summed E-state index contributed by atoms with van der Waals surface area (Å²) in [5.74, 6) is -0.933. The molecule has 1 heterocycles. The van der Waals surface area contributed by atoms with Gasteiger partial charge in [0.15, 0.2) is 5.75 Å². The SMILES string of the molecule is CC1(c2ccc(F)cc2)NC(=O)N(CC(=O)Nc2ccccc2Oc2ccccc2Cl)C1=O. The van der Waals surface area contributed by atoms with Crippen LogP contribution in [0.25, 0.3) is 0 Å². The fourth-order valence-corrected chi connectivity index (χ4v) is 3.63. The van der Waals surface area contributed by atoms with Crippen molar-refractivity contribution in [2.45, 2.75) is 12.5 Å². The van der Waals surface area contributed by atoms with Gasteiger partial charge in [-0.25, -0.2) is 9.18 Å². The number of anilines is 1. The highest BCUT2D eigenvalue weighted by Gasteiger charge is 2.49. The summed E-state index contributed by atoms with van der Waals surface area (Å²) in [6.07, 6.45) is 0. The summed E-state index contributed by atoms with van der Waals surface area (Å²) in [7, 11) is 0. The third-order valence-corrected chi connectivity index (χ3v) is 5.53. The monoisotopic (exact) mass is 467 g/mol. The topological polar surface area (TPSA) is 87.7 Å². The van der Waals surface area contributed by atoms with E-state index in [1.54, 1.807) is 48.5 Å². The van der Waals surface area contributed by atoms with E-state index in [0.29, 0.717) is 27.8 Å². The zero-order valence-corrected chi connectivity index (χ0v) is 18.2. The van der Waals surface area contributed by atoms with Crippen molar-refractivity contribution in [3.05, 3.63) is 89.2 Å². The Morgan fingerprint density at radius 2 is 1.67 bits per heavy atom. The van der Waals surface area contributed by atoms with Crippen molar-refractivity contribution in [1.29, 1.82) is 0 Å². The van der Waals surface area contributed by atoms with Gasteiger partial charge in [0.1, 0.15) is 23.7 Å². The number of urea groups is 1. The minimum atomic E-state index is -1.41. The van der Waals surface area contributed by atoms with Gasteiger partial charge in [0.05, 0.1) is 10.7 Å². The van der Waals surface area contributed by atoms with Crippen molar-refractivity contribution in [2.75, 3.05) is 11.9 Å². The Kier molecular flexibility index (Phi) is 6.02. The maximum absolute atomic E-state index is 13.3. The summed E-state index contributed by atoms with van der Waals surface area (Å²) in [4.78, 5) is 39.0. The number of hydrogen-bond acceptors (Lipinski definition) is 4. The third-order valence-electron chi connectivity index (χ3n) is 5.22. The number of hydrogen-bond donors (Lipinski definition) is 2. The van der Waals surface area contributed by atoms with Gasteiger partial charge < -0.3 is 15.4 Å². The zero-order valence-electron chi connectivity index (χ0n) is 17.5. The lowest BCUT2D eigenvalue weighted by Gasteiger charge is -2.22. The van der Waals surface area contributed by atoms with Gasteiger partial charge in [0.25, 0.3) is 5.91 Å². The average molecular weight is 468 g/mol. The third kappa shape index (κ3) is 4.51. The molecule has 0 aliphatic carbocycles. The molecule has 2 N–H and O–H groups in total. The molecule has 3 aromatic carbocycles. The molecule has 0 radical (unpaired) electrons. The fraction of sp³-hybridized carbons (Fsp3) is 0.125. The van der Waals surface area contributed by atoms with Crippen LogP contribution < -0.4 is 15.4 Å². The van der Waals surface area contributed by atoms with Crippen LogP contribution in [0.2, 0.25) is 5.02 Å². The first kappa shape index (κ1) is 22.3. The standard InChI is InChI=1S/C24H19ClFN3O4/c1-24(15-10-12-16(26)13-11-15)22(31)29(23(32)28-24)14-21(30)27-18-7-3-5-9-20(18)33-19-8-4-2-6-17(19)25/h2-13H,14H2,1H3,(H,27,30)(H,28,32). The van der Waals surface area contributed by atoms with Crippen LogP contribution in [0.5, 0.6) is 11.5 Å². The Hall–Kier alpha value is -3.91. The Bertz CT molecular complexity index is 1230. The molecule has 168 valence electrons. The molecule has 4 rings (SSSR count). The number of ether oxygens (including phenoxy) is 1. The molecule has 1 fully saturated rings. The quantitative estimate of drug-likeness (QED) is 0.515. The molecule has 0 bridgehead atoms. The van der Waals surface area contributed by atoms with Gasteiger partial charge in [0.2, 0.25) is 5.91 Å². The van der Waals surface area contributed by atoms with Crippen molar-refractivity contribution in [2.24, 2.45) is 0 Å². The molecule has 1 saturated heterocycles. The second-order valence-electron chi connectivity index (χ2n) is 7.53. The lowest BCUT2D eigenvalue weighted by atomic mass is 9.92. The number of nitrogens with one attached hydrogen (secondary N) is 2. The molecule has 4 amide bonds. The number of carbonyl (C=O) groups is 3. The number of amides is 4. The lowest BCUT2D eigenvalue weighted by molar-refractivity contribution is -0.133. The van der Waals surface area contributed by atoms with Gasteiger partial charge in [-0.05, 0) is 48.9 Å². The van der Waals surface area contributed by atoms with Gasteiger partial charge in [-0.15, -0.1) is 0 Å². The van der Waals surface area contributed by atoms with Crippen LogP contribution in [0.3, 0.4) is 0 Å². The van der Waals surface area contributed by atoms with Crippen molar-refractivity contribution >= 4 is 35.1 Å². The number of nitrogens with zero attached hydrogens (tertiary/aromatic N) is 1. The van der Waals surface area contributed by atoms with Gasteiger partial charge in [-0.3, -0.25) is 14.5 Å². The van der Waals surface area contributed by atoms with Crippen molar-refractivity contribution in [3.63, 3.8) is 0 Å². The van der Waals surface area contributed by atoms with Crippen molar-refractivity contribution in [3.8, 4) is 11.5 Å². The van der Waals surface area contributed by atoms with E-state index in [4.69, 9.17) is 16.3 Å². The van der Waals surface area contributed by atoms with Crippen LogP contribution in [0.1, 0.15) is 12.5 Å². The molecule has 33 heavy (non-hydrogen) atoms. The largest absolute Gasteiger partial charge is 0.454 e. The van der Waals surface area contributed by atoms with Gasteiger partial charge in [0, 0.05) is 0 Å². The van der Waals surface area contributed by atoms with Crippen LogP contribution in [-0.4, -0.2) is 29.3 Å². The van der Waals surface area contributed by atoms with E-state index in [2.05, 4.69) is 10.6 Å². The molecule has 1 aliphatic rings. The second-order valence-corrected chi connectivity index (χ2v) is 7.94. The minimum Gasteiger partial charge on any atom is -0.454 e. The molecule has 1 unspecified atom stereocenters. The molecular formula is C24H19ClFN3O4.